The highest BCUT2D eigenvalue weighted by Crippen LogP contribution is 2.10. The Morgan fingerprint density at radius 1 is 1.42 bits per heavy atom. The molecular formula is C11H18N4O3S. The average Bonchev–Trinajstić information content (AvgIpc) is 2.72. The fourth-order valence-corrected chi connectivity index (χ4v) is 2.01. The highest BCUT2D eigenvalue weighted by atomic mass is 32.1. The third-order valence-corrected chi connectivity index (χ3v) is 3.24. The molecule has 0 aliphatic heterocycles. The first kappa shape index (κ1) is 15.4. The van der Waals surface area contributed by atoms with Gasteiger partial charge in [0.25, 0.3) is 0 Å². The zero-order valence-electron chi connectivity index (χ0n) is 11.0. The van der Waals surface area contributed by atoms with E-state index in [9.17, 15) is 9.59 Å². The van der Waals surface area contributed by atoms with Gasteiger partial charge in [-0.15, -0.1) is 0 Å². The maximum Gasteiger partial charge on any atom is 0.321 e. The van der Waals surface area contributed by atoms with Crippen LogP contribution >= 0.6 is 11.5 Å². The summed E-state index contributed by atoms with van der Waals surface area (Å²) >= 11 is 1.13. The topological polar surface area (TPSA) is 104 Å². The Kier molecular flexibility index (Phi) is 6.20. The van der Waals surface area contributed by atoms with Crippen LogP contribution in [0.15, 0.2) is 0 Å². The summed E-state index contributed by atoms with van der Waals surface area (Å²) in [6, 6.07) is -0.318. The van der Waals surface area contributed by atoms with Gasteiger partial charge in [0.1, 0.15) is 5.82 Å². The summed E-state index contributed by atoms with van der Waals surface area (Å²) in [4.78, 5) is 25.9. The Hall–Kier alpha value is -1.70. The van der Waals surface area contributed by atoms with E-state index in [1.54, 1.807) is 6.92 Å². The van der Waals surface area contributed by atoms with Gasteiger partial charge in [-0.2, -0.15) is 4.37 Å². The van der Waals surface area contributed by atoms with E-state index in [1.807, 2.05) is 6.92 Å². The van der Waals surface area contributed by atoms with E-state index in [4.69, 9.17) is 5.11 Å². The summed E-state index contributed by atoms with van der Waals surface area (Å²) in [5.74, 6) is 0.104. The highest BCUT2D eigenvalue weighted by molar-refractivity contribution is 7.09. The molecule has 1 rings (SSSR count). The van der Waals surface area contributed by atoms with Crippen molar-refractivity contribution in [2.75, 3.05) is 11.9 Å². The van der Waals surface area contributed by atoms with Gasteiger partial charge in [0.05, 0.1) is 0 Å². The molecule has 0 aliphatic rings. The predicted molar refractivity (Wildman–Crippen MR) is 72.3 cm³/mol. The number of aromatic nitrogens is 2. The van der Waals surface area contributed by atoms with Crippen molar-refractivity contribution in [2.45, 2.75) is 33.1 Å². The Bertz CT molecular complexity index is 435. The van der Waals surface area contributed by atoms with Crippen LogP contribution in [0.4, 0.5) is 9.93 Å². The van der Waals surface area contributed by atoms with Gasteiger partial charge in [-0.3, -0.25) is 10.1 Å². The van der Waals surface area contributed by atoms with Crippen LogP contribution < -0.4 is 10.6 Å². The number of urea groups is 1. The first-order chi connectivity index (χ1) is 8.97. The van der Waals surface area contributed by atoms with E-state index in [-0.39, 0.29) is 18.4 Å². The van der Waals surface area contributed by atoms with Crippen molar-refractivity contribution in [2.24, 2.45) is 5.92 Å². The quantitative estimate of drug-likeness (QED) is 0.709. The van der Waals surface area contributed by atoms with E-state index in [1.165, 1.54) is 0 Å². The van der Waals surface area contributed by atoms with Crippen molar-refractivity contribution in [3.05, 3.63) is 5.82 Å². The smallest absolute Gasteiger partial charge is 0.321 e. The van der Waals surface area contributed by atoms with Crippen LogP contribution in [0.1, 0.15) is 32.0 Å². The molecule has 0 radical (unpaired) electrons. The Labute approximate surface area is 115 Å². The molecule has 1 aromatic rings. The molecule has 19 heavy (non-hydrogen) atoms. The normalized spacial score (nSPS) is 11.9. The second kappa shape index (κ2) is 7.67. The molecule has 7 nitrogen and oxygen atoms in total. The van der Waals surface area contributed by atoms with Crippen molar-refractivity contribution in [3.8, 4) is 0 Å². The van der Waals surface area contributed by atoms with Gasteiger partial charge in [-0.25, -0.2) is 9.78 Å². The molecule has 1 heterocycles. The van der Waals surface area contributed by atoms with Crippen LogP contribution in [0, 0.1) is 12.8 Å². The molecule has 0 aromatic carbocycles. The maximum atomic E-state index is 11.5. The lowest BCUT2D eigenvalue weighted by atomic mass is 10.0. The minimum Gasteiger partial charge on any atom is -0.481 e. The summed E-state index contributed by atoms with van der Waals surface area (Å²) in [7, 11) is 0. The molecule has 1 unspecified atom stereocenters. The molecular weight excluding hydrogens is 268 g/mol. The van der Waals surface area contributed by atoms with Gasteiger partial charge >= 0.3 is 12.0 Å². The molecule has 1 aromatic heterocycles. The molecule has 0 spiro atoms. The van der Waals surface area contributed by atoms with E-state index in [0.717, 1.165) is 18.0 Å². The van der Waals surface area contributed by atoms with E-state index >= 15 is 0 Å². The van der Waals surface area contributed by atoms with Gasteiger partial charge in [-0.1, -0.05) is 6.92 Å². The summed E-state index contributed by atoms with van der Waals surface area (Å²) < 4.78 is 3.95. The largest absolute Gasteiger partial charge is 0.481 e. The zero-order chi connectivity index (χ0) is 14.3. The van der Waals surface area contributed by atoms with Crippen LogP contribution in [0.2, 0.25) is 0 Å². The van der Waals surface area contributed by atoms with Crippen molar-refractivity contribution in [1.82, 2.24) is 14.7 Å². The number of carboxylic acid groups (broad SMARTS) is 1. The second-order valence-electron chi connectivity index (χ2n) is 4.35. The van der Waals surface area contributed by atoms with Crippen LogP contribution in [-0.2, 0) is 4.79 Å². The number of aryl methyl sites for hydroxylation is 1. The van der Waals surface area contributed by atoms with Gasteiger partial charge in [0, 0.05) is 24.5 Å². The number of carbonyl (C=O) groups is 2. The number of carboxylic acids is 1. The van der Waals surface area contributed by atoms with Crippen molar-refractivity contribution in [1.29, 1.82) is 0 Å². The summed E-state index contributed by atoms with van der Waals surface area (Å²) in [6.45, 7) is 4.23. The van der Waals surface area contributed by atoms with Gasteiger partial charge in [0.15, 0.2) is 0 Å². The number of amides is 2. The number of nitrogens with zero attached hydrogens (tertiary/aromatic N) is 2. The third-order valence-electron chi connectivity index (χ3n) is 2.52. The molecule has 0 saturated heterocycles. The Balaban J connectivity index is 2.15. The van der Waals surface area contributed by atoms with Crippen molar-refractivity contribution < 1.29 is 14.7 Å². The molecule has 3 N–H and O–H groups in total. The summed E-state index contributed by atoms with van der Waals surface area (Å²) in [6.07, 6.45) is 1.53. The molecule has 0 bridgehead atoms. The lowest BCUT2D eigenvalue weighted by Crippen LogP contribution is -2.30. The van der Waals surface area contributed by atoms with Gasteiger partial charge < -0.3 is 10.4 Å². The minimum absolute atomic E-state index is 0.164. The van der Waals surface area contributed by atoms with Gasteiger partial charge in [-0.05, 0) is 25.7 Å². The van der Waals surface area contributed by atoms with E-state index in [2.05, 4.69) is 20.0 Å². The first-order valence-corrected chi connectivity index (χ1v) is 6.81. The summed E-state index contributed by atoms with van der Waals surface area (Å²) in [5.41, 5.74) is 0. The molecule has 106 valence electrons. The SMILES string of the molecule is Cc1nsc(NC(=O)NCCC(C)CCC(=O)O)n1. The van der Waals surface area contributed by atoms with Crippen molar-refractivity contribution in [3.63, 3.8) is 0 Å². The van der Waals surface area contributed by atoms with E-state index < -0.39 is 5.97 Å². The monoisotopic (exact) mass is 286 g/mol. The summed E-state index contributed by atoms with van der Waals surface area (Å²) in [5, 5.41) is 14.3. The molecule has 0 fully saturated rings. The number of anilines is 1. The Morgan fingerprint density at radius 2 is 2.16 bits per heavy atom. The van der Waals surface area contributed by atoms with Crippen LogP contribution in [-0.4, -0.2) is 33.0 Å². The highest BCUT2D eigenvalue weighted by Gasteiger charge is 2.08. The minimum atomic E-state index is -0.788. The van der Waals surface area contributed by atoms with E-state index in [0.29, 0.717) is 23.9 Å². The number of rotatable bonds is 7. The average molecular weight is 286 g/mol. The molecule has 8 heteroatoms. The lowest BCUT2D eigenvalue weighted by Gasteiger charge is -2.10. The van der Waals surface area contributed by atoms with Crippen LogP contribution in [0.3, 0.4) is 0 Å². The second-order valence-corrected chi connectivity index (χ2v) is 5.11. The molecule has 0 saturated carbocycles. The van der Waals surface area contributed by atoms with Crippen LogP contribution in [0.5, 0.6) is 0 Å². The standard InChI is InChI=1S/C11H18N4O3S/c1-7(3-4-9(16)17)5-6-12-10(18)14-11-13-8(2)15-19-11/h7H,3-6H2,1-2H3,(H,16,17)(H2,12,13,14,15,18). The number of hydrogen-bond donors (Lipinski definition) is 3. The maximum absolute atomic E-state index is 11.5. The molecule has 2 amide bonds. The van der Waals surface area contributed by atoms with Gasteiger partial charge in [0.2, 0.25) is 5.13 Å². The Morgan fingerprint density at radius 3 is 2.74 bits per heavy atom. The number of nitrogens with one attached hydrogen (secondary N) is 2. The van der Waals surface area contributed by atoms with Crippen molar-refractivity contribution >= 4 is 28.7 Å². The number of aliphatic carboxylic acids is 1. The first-order valence-electron chi connectivity index (χ1n) is 6.04. The number of hydrogen-bond acceptors (Lipinski definition) is 5. The van der Waals surface area contributed by atoms with Crippen LogP contribution in [0.25, 0.3) is 0 Å². The fourth-order valence-electron chi connectivity index (χ4n) is 1.44. The number of carbonyl (C=O) groups excluding carboxylic acids is 1. The zero-order valence-corrected chi connectivity index (χ0v) is 11.8. The fraction of sp³-hybridized carbons (Fsp3) is 0.636. The lowest BCUT2D eigenvalue weighted by molar-refractivity contribution is -0.137. The predicted octanol–water partition coefficient (Wildman–Crippen LogP) is 1.86. The molecule has 1 atom stereocenters. The third kappa shape index (κ3) is 6.70. The molecule has 0 aliphatic carbocycles.